The van der Waals surface area contributed by atoms with Crippen molar-refractivity contribution in [1.82, 2.24) is 4.98 Å². The van der Waals surface area contributed by atoms with Gasteiger partial charge in [-0.3, -0.25) is 4.79 Å². The second-order valence-electron chi connectivity index (χ2n) is 5.21. The number of rotatable bonds is 3. The van der Waals surface area contributed by atoms with Gasteiger partial charge in [-0.1, -0.05) is 12.1 Å². The second-order valence-corrected chi connectivity index (χ2v) is 5.21. The van der Waals surface area contributed by atoms with Gasteiger partial charge in [-0.25, -0.2) is 0 Å². The first-order valence-electron chi connectivity index (χ1n) is 6.87. The molecule has 3 rings (SSSR count). The number of carbonyl (C=O) groups is 1. The van der Waals surface area contributed by atoms with E-state index in [0.717, 1.165) is 50.9 Å². The van der Waals surface area contributed by atoms with Crippen molar-refractivity contribution < 1.29 is 9.53 Å². The van der Waals surface area contributed by atoms with Crippen molar-refractivity contribution in [3.63, 3.8) is 0 Å². The van der Waals surface area contributed by atoms with Gasteiger partial charge in [0.25, 0.3) is 0 Å². The summed E-state index contributed by atoms with van der Waals surface area (Å²) in [5.41, 5.74) is 5.83. The Balaban J connectivity index is 2.29. The van der Waals surface area contributed by atoms with Crippen LogP contribution in [-0.4, -0.2) is 18.4 Å². The maximum absolute atomic E-state index is 11.6. The first-order valence-corrected chi connectivity index (χ1v) is 6.87. The first kappa shape index (κ1) is 13.4. The maximum atomic E-state index is 11.6. The van der Waals surface area contributed by atoms with E-state index in [1.54, 1.807) is 7.11 Å². The van der Waals surface area contributed by atoms with E-state index in [-0.39, 0.29) is 0 Å². The van der Waals surface area contributed by atoms with Crippen LogP contribution in [-0.2, 0) is 0 Å². The minimum Gasteiger partial charge on any atom is -0.497 e. The highest BCUT2D eigenvalue weighted by Crippen LogP contribution is 2.33. The summed E-state index contributed by atoms with van der Waals surface area (Å²) in [6, 6.07) is 11.8. The molecule has 0 aliphatic carbocycles. The van der Waals surface area contributed by atoms with Crippen LogP contribution < -0.4 is 4.74 Å². The number of aldehydes is 1. The molecule has 0 spiro atoms. The molecule has 1 aromatic heterocycles. The third kappa shape index (κ3) is 2.11. The number of methoxy groups -OCH3 is 1. The van der Waals surface area contributed by atoms with Crippen molar-refractivity contribution in [1.29, 1.82) is 0 Å². The molecule has 3 aromatic rings. The highest BCUT2D eigenvalue weighted by atomic mass is 16.5. The highest BCUT2D eigenvalue weighted by molar-refractivity contribution is 6.06. The summed E-state index contributed by atoms with van der Waals surface area (Å²) in [5.74, 6) is 0.801. The smallest absolute Gasteiger partial charge is 0.152 e. The third-order valence-corrected chi connectivity index (χ3v) is 3.91. The van der Waals surface area contributed by atoms with E-state index in [1.165, 1.54) is 0 Å². The molecular formula is C18H17NO2. The number of carbonyl (C=O) groups excluding carboxylic acids is 1. The molecule has 1 N–H and O–H groups in total. The summed E-state index contributed by atoms with van der Waals surface area (Å²) in [7, 11) is 1.64. The SMILES string of the molecule is COc1ccc(-c2[nH]c3c(C)ccc(C)c3c2C=O)cc1. The molecule has 3 nitrogen and oxygen atoms in total. The summed E-state index contributed by atoms with van der Waals surface area (Å²) in [4.78, 5) is 15.0. The molecule has 0 saturated heterocycles. The summed E-state index contributed by atoms with van der Waals surface area (Å²) < 4.78 is 5.18. The molecule has 0 unspecified atom stereocenters. The quantitative estimate of drug-likeness (QED) is 0.727. The van der Waals surface area contributed by atoms with Crippen molar-refractivity contribution in [3.05, 3.63) is 53.1 Å². The minimum absolute atomic E-state index is 0.719. The van der Waals surface area contributed by atoms with Crippen molar-refractivity contribution in [3.8, 4) is 17.0 Å². The molecule has 0 aliphatic rings. The lowest BCUT2D eigenvalue weighted by molar-refractivity contribution is 0.112. The number of nitrogens with one attached hydrogen (secondary N) is 1. The molecule has 0 atom stereocenters. The first-order chi connectivity index (χ1) is 10.2. The lowest BCUT2D eigenvalue weighted by Gasteiger charge is -2.03. The molecule has 0 radical (unpaired) electrons. The molecule has 21 heavy (non-hydrogen) atoms. The fourth-order valence-corrected chi connectivity index (χ4v) is 2.74. The average molecular weight is 279 g/mol. The Morgan fingerprint density at radius 2 is 1.67 bits per heavy atom. The topological polar surface area (TPSA) is 42.1 Å². The van der Waals surface area contributed by atoms with Gasteiger partial charge in [0.15, 0.2) is 6.29 Å². The monoisotopic (exact) mass is 279 g/mol. The van der Waals surface area contributed by atoms with Gasteiger partial charge in [-0.05, 0) is 54.8 Å². The van der Waals surface area contributed by atoms with Crippen LogP contribution in [0.4, 0.5) is 0 Å². The highest BCUT2D eigenvalue weighted by Gasteiger charge is 2.15. The number of hydrogen-bond donors (Lipinski definition) is 1. The lowest BCUT2D eigenvalue weighted by atomic mass is 10.0. The summed E-state index contributed by atoms with van der Waals surface area (Å²) in [6.07, 6.45) is 0.935. The summed E-state index contributed by atoms with van der Waals surface area (Å²) in [5, 5.41) is 1.01. The van der Waals surface area contributed by atoms with Gasteiger partial charge >= 0.3 is 0 Å². The van der Waals surface area contributed by atoms with Crippen LogP contribution in [0.25, 0.3) is 22.2 Å². The van der Waals surface area contributed by atoms with Crippen LogP contribution in [0.3, 0.4) is 0 Å². The zero-order valence-corrected chi connectivity index (χ0v) is 12.4. The van der Waals surface area contributed by atoms with Gasteiger partial charge in [0.1, 0.15) is 5.75 Å². The number of aromatic amines is 1. The molecule has 0 saturated carbocycles. The molecule has 2 aromatic carbocycles. The predicted molar refractivity (Wildman–Crippen MR) is 85.1 cm³/mol. The van der Waals surface area contributed by atoms with Gasteiger partial charge in [-0.2, -0.15) is 0 Å². The van der Waals surface area contributed by atoms with Crippen LogP contribution in [0.1, 0.15) is 21.5 Å². The molecule has 3 heteroatoms. The van der Waals surface area contributed by atoms with Crippen LogP contribution >= 0.6 is 0 Å². The number of aromatic nitrogens is 1. The zero-order valence-electron chi connectivity index (χ0n) is 12.4. The van der Waals surface area contributed by atoms with Gasteiger partial charge in [0.2, 0.25) is 0 Å². The fraction of sp³-hybridized carbons (Fsp3) is 0.167. The maximum Gasteiger partial charge on any atom is 0.152 e. The summed E-state index contributed by atoms with van der Waals surface area (Å²) in [6.45, 7) is 4.07. The number of benzene rings is 2. The number of aryl methyl sites for hydroxylation is 2. The van der Waals surface area contributed by atoms with Crippen molar-refractivity contribution >= 4 is 17.2 Å². The van der Waals surface area contributed by atoms with E-state index >= 15 is 0 Å². The minimum atomic E-state index is 0.719. The van der Waals surface area contributed by atoms with Crippen LogP contribution in [0.2, 0.25) is 0 Å². The molecular weight excluding hydrogens is 262 g/mol. The second kappa shape index (κ2) is 5.09. The Kier molecular flexibility index (Phi) is 3.26. The van der Waals surface area contributed by atoms with Gasteiger partial charge in [0.05, 0.1) is 12.8 Å². The van der Waals surface area contributed by atoms with Crippen LogP contribution in [0.15, 0.2) is 36.4 Å². The lowest BCUT2D eigenvalue weighted by Crippen LogP contribution is -1.87. The predicted octanol–water partition coefficient (Wildman–Crippen LogP) is 4.27. The normalized spacial score (nSPS) is 10.8. The molecule has 106 valence electrons. The van der Waals surface area contributed by atoms with Gasteiger partial charge in [-0.15, -0.1) is 0 Å². The fourth-order valence-electron chi connectivity index (χ4n) is 2.74. The molecule has 0 bridgehead atoms. The Morgan fingerprint density at radius 3 is 2.29 bits per heavy atom. The summed E-state index contributed by atoms with van der Waals surface area (Å²) >= 11 is 0. The van der Waals surface area contributed by atoms with Crippen molar-refractivity contribution in [2.24, 2.45) is 0 Å². The van der Waals surface area contributed by atoms with Gasteiger partial charge < -0.3 is 9.72 Å². The molecule has 0 aliphatic heterocycles. The van der Waals surface area contributed by atoms with Crippen molar-refractivity contribution in [2.75, 3.05) is 7.11 Å². The standard InChI is InChI=1S/C18H17NO2/c1-11-4-5-12(2)17-16(11)15(10-20)18(19-17)13-6-8-14(21-3)9-7-13/h4-10,19H,1-3H3. The van der Waals surface area contributed by atoms with Gasteiger partial charge in [0, 0.05) is 16.5 Å². The molecule has 1 heterocycles. The Labute approximate surface area is 123 Å². The number of hydrogen-bond acceptors (Lipinski definition) is 2. The van der Waals surface area contributed by atoms with Crippen molar-refractivity contribution in [2.45, 2.75) is 13.8 Å². The Morgan fingerprint density at radius 1 is 1.00 bits per heavy atom. The molecule has 0 fully saturated rings. The van der Waals surface area contributed by atoms with E-state index in [2.05, 4.69) is 17.1 Å². The number of H-pyrrole nitrogens is 1. The Hall–Kier alpha value is -2.55. The molecule has 0 amide bonds. The third-order valence-electron chi connectivity index (χ3n) is 3.91. The van der Waals surface area contributed by atoms with Crippen LogP contribution in [0, 0.1) is 13.8 Å². The van der Waals surface area contributed by atoms with E-state index in [9.17, 15) is 4.79 Å². The van der Waals surface area contributed by atoms with E-state index in [4.69, 9.17) is 4.74 Å². The van der Waals surface area contributed by atoms with E-state index in [1.807, 2.05) is 38.1 Å². The number of fused-ring (bicyclic) bond motifs is 1. The van der Waals surface area contributed by atoms with E-state index < -0.39 is 0 Å². The largest absolute Gasteiger partial charge is 0.497 e. The Bertz CT molecular complexity index is 813. The zero-order chi connectivity index (χ0) is 15.0. The number of ether oxygens (including phenoxy) is 1. The average Bonchev–Trinajstić information content (AvgIpc) is 2.92. The van der Waals surface area contributed by atoms with E-state index in [0.29, 0.717) is 0 Å². The van der Waals surface area contributed by atoms with Crippen LogP contribution in [0.5, 0.6) is 5.75 Å².